The van der Waals surface area contributed by atoms with Crippen LogP contribution in [0.4, 0.5) is 13.2 Å². The number of nitrogens with one attached hydrogen (secondary N) is 1. The molecule has 0 aliphatic rings. The molecule has 0 saturated heterocycles. The summed E-state index contributed by atoms with van der Waals surface area (Å²) in [5, 5.41) is 7.02. The second-order valence-corrected chi connectivity index (χ2v) is 6.42. The molecule has 0 radical (unpaired) electrons. The molecule has 3 aromatic rings. The van der Waals surface area contributed by atoms with E-state index >= 15 is 0 Å². The molecular formula is C21H20F3N3O2. The quantitative estimate of drug-likeness (QED) is 0.648. The monoisotopic (exact) mass is 403 g/mol. The van der Waals surface area contributed by atoms with Gasteiger partial charge in [-0.1, -0.05) is 31.2 Å². The molecule has 0 aliphatic heterocycles. The van der Waals surface area contributed by atoms with E-state index in [0.29, 0.717) is 11.3 Å². The van der Waals surface area contributed by atoms with Crippen molar-refractivity contribution < 1.29 is 22.7 Å². The third-order valence-corrected chi connectivity index (χ3v) is 4.30. The van der Waals surface area contributed by atoms with Gasteiger partial charge in [-0.05, 0) is 42.3 Å². The summed E-state index contributed by atoms with van der Waals surface area (Å²) in [6, 6.07) is 13.3. The summed E-state index contributed by atoms with van der Waals surface area (Å²) in [5.41, 5.74) is 1.10. The van der Waals surface area contributed by atoms with Gasteiger partial charge in [-0.25, -0.2) is 0 Å². The van der Waals surface area contributed by atoms with Crippen molar-refractivity contribution in [3.05, 3.63) is 77.1 Å². The number of para-hydroxylation sites is 1. The van der Waals surface area contributed by atoms with E-state index in [4.69, 9.17) is 4.74 Å². The Kier molecular flexibility index (Phi) is 5.91. The molecular weight excluding hydrogens is 383 g/mol. The molecule has 8 heteroatoms. The molecule has 1 heterocycles. The Labute approximate surface area is 166 Å². The number of alkyl halides is 3. The molecule has 152 valence electrons. The highest BCUT2D eigenvalue weighted by molar-refractivity contribution is 5.92. The first-order valence-corrected chi connectivity index (χ1v) is 9.02. The summed E-state index contributed by atoms with van der Waals surface area (Å²) in [6.45, 7) is 2.15. The maximum Gasteiger partial charge on any atom is 0.419 e. The minimum absolute atomic E-state index is 0.198. The van der Waals surface area contributed by atoms with Crippen LogP contribution < -0.4 is 10.1 Å². The van der Waals surface area contributed by atoms with E-state index in [-0.39, 0.29) is 24.0 Å². The molecule has 29 heavy (non-hydrogen) atoms. The normalized spacial score (nSPS) is 11.3. The highest BCUT2D eigenvalue weighted by Crippen LogP contribution is 2.37. The fourth-order valence-electron chi connectivity index (χ4n) is 2.82. The number of carbonyl (C=O) groups is 1. The van der Waals surface area contributed by atoms with Gasteiger partial charge < -0.3 is 10.1 Å². The summed E-state index contributed by atoms with van der Waals surface area (Å²) in [6.07, 6.45) is -3.79. The number of amides is 1. The van der Waals surface area contributed by atoms with Crippen LogP contribution in [-0.2, 0) is 26.2 Å². The SMILES string of the molecule is CCc1cc(C(=O)NCc2cccc(Oc3ccccc3C(F)(F)F)c2)n(C)n1. The van der Waals surface area contributed by atoms with Gasteiger partial charge in [0.15, 0.2) is 0 Å². The number of halogens is 3. The topological polar surface area (TPSA) is 56.1 Å². The molecule has 1 N–H and O–H groups in total. The van der Waals surface area contributed by atoms with Crippen molar-refractivity contribution in [1.82, 2.24) is 15.1 Å². The van der Waals surface area contributed by atoms with Crippen LogP contribution in [0.3, 0.4) is 0 Å². The van der Waals surface area contributed by atoms with Crippen molar-refractivity contribution in [2.75, 3.05) is 0 Å². The molecule has 5 nitrogen and oxygen atoms in total. The lowest BCUT2D eigenvalue weighted by Crippen LogP contribution is -2.25. The lowest BCUT2D eigenvalue weighted by atomic mass is 10.2. The molecule has 0 atom stereocenters. The van der Waals surface area contributed by atoms with Crippen LogP contribution >= 0.6 is 0 Å². The zero-order chi connectivity index (χ0) is 21.0. The maximum absolute atomic E-state index is 13.1. The predicted molar refractivity (Wildman–Crippen MR) is 102 cm³/mol. The smallest absolute Gasteiger partial charge is 0.419 e. The maximum atomic E-state index is 13.1. The molecule has 1 aromatic heterocycles. The van der Waals surface area contributed by atoms with Gasteiger partial charge in [-0.2, -0.15) is 18.3 Å². The fourth-order valence-corrected chi connectivity index (χ4v) is 2.82. The zero-order valence-corrected chi connectivity index (χ0v) is 16.0. The van der Waals surface area contributed by atoms with Crippen LogP contribution in [-0.4, -0.2) is 15.7 Å². The van der Waals surface area contributed by atoms with E-state index in [1.807, 2.05) is 6.92 Å². The van der Waals surface area contributed by atoms with Crippen LogP contribution in [0, 0.1) is 0 Å². The van der Waals surface area contributed by atoms with Crippen LogP contribution in [0.25, 0.3) is 0 Å². The number of hydrogen-bond acceptors (Lipinski definition) is 3. The van der Waals surface area contributed by atoms with Gasteiger partial charge in [0.05, 0.1) is 11.3 Å². The van der Waals surface area contributed by atoms with Crippen molar-refractivity contribution in [2.45, 2.75) is 26.1 Å². The van der Waals surface area contributed by atoms with E-state index in [0.717, 1.165) is 18.2 Å². The third-order valence-electron chi connectivity index (χ3n) is 4.30. The number of aromatic nitrogens is 2. The zero-order valence-electron chi connectivity index (χ0n) is 16.0. The molecule has 0 unspecified atom stereocenters. The molecule has 1 amide bonds. The van der Waals surface area contributed by atoms with Gasteiger partial charge >= 0.3 is 6.18 Å². The Bertz CT molecular complexity index is 1010. The van der Waals surface area contributed by atoms with Crippen molar-refractivity contribution in [3.63, 3.8) is 0 Å². The summed E-state index contributed by atoms with van der Waals surface area (Å²) in [5.74, 6) is -0.307. The molecule has 2 aromatic carbocycles. The third kappa shape index (κ3) is 4.96. The summed E-state index contributed by atoms with van der Waals surface area (Å²) in [7, 11) is 1.70. The van der Waals surface area contributed by atoms with Crippen LogP contribution in [0.5, 0.6) is 11.5 Å². The number of hydrogen-bond donors (Lipinski definition) is 1. The lowest BCUT2D eigenvalue weighted by molar-refractivity contribution is -0.138. The van der Waals surface area contributed by atoms with E-state index in [9.17, 15) is 18.0 Å². The number of aryl methyl sites for hydroxylation is 2. The second kappa shape index (κ2) is 8.38. The predicted octanol–water partition coefficient (Wildman–Crippen LogP) is 4.72. The summed E-state index contributed by atoms with van der Waals surface area (Å²) < 4.78 is 46.4. The number of benzene rings is 2. The van der Waals surface area contributed by atoms with E-state index in [2.05, 4.69) is 10.4 Å². The Morgan fingerprint density at radius 2 is 1.90 bits per heavy atom. The minimum Gasteiger partial charge on any atom is -0.457 e. The van der Waals surface area contributed by atoms with E-state index in [1.165, 1.54) is 22.9 Å². The van der Waals surface area contributed by atoms with Crippen LogP contribution in [0.15, 0.2) is 54.6 Å². The van der Waals surface area contributed by atoms with E-state index in [1.54, 1.807) is 37.4 Å². The van der Waals surface area contributed by atoms with E-state index < -0.39 is 11.7 Å². The number of nitrogens with zero attached hydrogens (tertiary/aromatic N) is 2. The van der Waals surface area contributed by atoms with Gasteiger partial charge in [-0.15, -0.1) is 0 Å². The Hall–Kier alpha value is -3.29. The van der Waals surface area contributed by atoms with Gasteiger partial charge in [0.2, 0.25) is 0 Å². The van der Waals surface area contributed by atoms with Gasteiger partial charge in [-0.3, -0.25) is 9.48 Å². The molecule has 0 aliphatic carbocycles. The Balaban J connectivity index is 1.71. The molecule has 0 fully saturated rings. The fraction of sp³-hybridized carbons (Fsp3) is 0.238. The molecule has 3 rings (SSSR count). The average molecular weight is 403 g/mol. The summed E-state index contributed by atoms with van der Waals surface area (Å²) >= 11 is 0. The first-order chi connectivity index (χ1) is 13.8. The van der Waals surface area contributed by atoms with Crippen molar-refractivity contribution in [2.24, 2.45) is 7.05 Å². The van der Waals surface area contributed by atoms with Crippen molar-refractivity contribution in [1.29, 1.82) is 0 Å². The van der Waals surface area contributed by atoms with Crippen LogP contribution in [0.2, 0.25) is 0 Å². The van der Waals surface area contributed by atoms with Crippen molar-refractivity contribution >= 4 is 5.91 Å². The number of carbonyl (C=O) groups excluding carboxylic acids is 1. The number of rotatable bonds is 6. The minimum atomic E-state index is -4.51. The van der Waals surface area contributed by atoms with Crippen LogP contribution in [0.1, 0.15) is 34.2 Å². The average Bonchev–Trinajstić information content (AvgIpc) is 3.07. The first-order valence-electron chi connectivity index (χ1n) is 9.02. The highest BCUT2D eigenvalue weighted by atomic mass is 19.4. The second-order valence-electron chi connectivity index (χ2n) is 6.42. The van der Waals surface area contributed by atoms with Gasteiger partial charge in [0.1, 0.15) is 17.2 Å². The highest BCUT2D eigenvalue weighted by Gasteiger charge is 2.34. The standard InChI is InChI=1S/C21H20F3N3O2/c1-3-15-12-18(27(2)26-15)20(28)25-13-14-7-6-8-16(11-14)29-19-10-5-4-9-17(19)21(22,23)24/h4-12H,3,13H2,1-2H3,(H,25,28). The first kappa shape index (κ1) is 20.4. The Morgan fingerprint density at radius 3 is 2.59 bits per heavy atom. The number of ether oxygens (including phenoxy) is 1. The summed E-state index contributed by atoms with van der Waals surface area (Å²) in [4.78, 5) is 12.4. The molecule has 0 saturated carbocycles. The molecule has 0 spiro atoms. The van der Waals surface area contributed by atoms with Crippen molar-refractivity contribution in [3.8, 4) is 11.5 Å². The largest absolute Gasteiger partial charge is 0.457 e. The van der Waals surface area contributed by atoms with Gasteiger partial charge in [0, 0.05) is 13.6 Å². The lowest BCUT2D eigenvalue weighted by Gasteiger charge is -2.14. The molecule has 0 bridgehead atoms. The Morgan fingerprint density at radius 1 is 1.14 bits per heavy atom. The van der Waals surface area contributed by atoms with Gasteiger partial charge in [0.25, 0.3) is 5.91 Å².